The van der Waals surface area contributed by atoms with Gasteiger partial charge in [0.15, 0.2) is 0 Å². The lowest BCUT2D eigenvalue weighted by atomic mass is 9.64. The molecule has 1 saturated heterocycles. The van der Waals surface area contributed by atoms with E-state index < -0.39 is 0 Å². The molecule has 1 aliphatic heterocycles. The van der Waals surface area contributed by atoms with Crippen molar-refractivity contribution in [2.45, 2.75) is 44.2 Å². The van der Waals surface area contributed by atoms with Crippen LogP contribution in [0.1, 0.15) is 32.1 Å². The van der Waals surface area contributed by atoms with Crippen LogP contribution >= 0.6 is 0 Å². The van der Waals surface area contributed by atoms with Gasteiger partial charge in [0.25, 0.3) is 0 Å². The fourth-order valence-electron chi connectivity index (χ4n) is 3.29. The maximum absolute atomic E-state index is 5.30. The molecule has 1 saturated carbocycles. The molecule has 0 radical (unpaired) electrons. The second-order valence-corrected chi connectivity index (χ2v) is 5.71. The van der Waals surface area contributed by atoms with Gasteiger partial charge in [0.1, 0.15) is 0 Å². The molecule has 3 nitrogen and oxygen atoms in total. The molecule has 3 aliphatic rings. The quantitative estimate of drug-likeness (QED) is 0.757. The Hall–Kier alpha value is -0.540. The van der Waals surface area contributed by atoms with Crippen LogP contribution in [0, 0.1) is 5.41 Å². The average Bonchev–Trinajstić information content (AvgIpc) is 2.20. The summed E-state index contributed by atoms with van der Waals surface area (Å²) in [5.41, 5.74) is 1.99. The van der Waals surface area contributed by atoms with Crippen LogP contribution in [0.15, 0.2) is 11.8 Å². The molecule has 2 N–H and O–H groups in total. The fraction of sp³-hybridized carbons (Fsp3) is 0.846. The monoisotopic (exact) mass is 222 g/mol. The van der Waals surface area contributed by atoms with E-state index in [-0.39, 0.29) is 0 Å². The van der Waals surface area contributed by atoms with Gasteiger partial charge in [-0.05, 0) is 38.2 Å². The third-order valence-corrected chi connectivity index (χ3v) is 4.31. The highest BCUT2D eigenvalue weighted by Gasteiger charge is 2.49. The number of hydrogen-bond acceptors (Lipinski definition) is 3. The van der Waals surface area contributed by atoms with E-state index >= 15 is 0 Å². The minimum atomic E-state index is 0.585. The molecule has 3 heteroatoms. The van der Waals surface area contributed by atoms with E-state index in [9.17, 15) is 0 Å². The molecule has 0 bridgehead atoms. The van der Waals surface area contributed by atoms with Gasteiger partial charge in [-0.2, -0.15) is 0 Å². The molecule has 1 spiro atoms. The number of hydrogen-bond donors (Lipinski definition) is 2. The van der Waals surface area contributed by atoms with Crippen molar-refractivity contribution in [3.05, 3.63) is 11.8 Å². The molecule has 0 aromatic carbocycles. The highest BCUT2D eigenvalue weighted by molar-refractivity contribution is 5.11. The van der Waals surface area contributed by atoms with E-state index in [2.05, 4.69) is 16.7 Å². The number of nitrogens with one attached hydrogen (secondary N) is 2. The Labute approximate surface area is 97.6 Å². The molecule has 0 amide bonds. The number of allylic oxidation sites excluding steroid dienone is 1. The van der Waals surface area contributed by atoms with Crippen molar-refractivity contribution < 1.29 is 4.74 Å². The second-order valence-electron chi connectivity index (χ2n) is 5.71. The van der Waals surface area contributed by atoms with Gasteiger partial charge in [0.2, 0.25) is 0 Å². The Morgan fingerprint density at radius 1 is 1.38 bits per heavy atom. The van der Waals surface area contributed by atoms with E-state index in [0.29, 0.717) is 11.5 Å². The smallest absolute Gasteiger partial charge is 0.0545 e. The Bertz CT molecular complexity index is 288. The molecule has 0 aromatic heterocycles. The molecule has 1 atom stereocenters. The SMILES string of the molecule is CNC1=CC(NC2CC3(COC3)C2)CCC1. The van der Waals surface area contributed by atoms with Gasteiger partial charge in [0, 0.05) is 30.2 Å². The summed E-state index contributed by atoms with van der Waals surface area (Å²) in [6.45, 7) is 2.01. The lowest BCUT2D eigenvalue weighted by Gasteiger charge is -2.54. The van der Waals surface area contributed by atoms with Crippen molar-refractivity contribution in [2.24, 2.45) is 5.41 Å². The highest BCUT2D eigenvalue weighted by atomic mass is 16.5. The normalized spacial score (nSPS) is 32.8. The zero-order valence-electron chi connectivity index (χ0n) is 10.1. The molecule has 2 aliphatic carbocycles. The first kappa shape index (κ1) is 10.6. The zero-order chi connectivity index (χ0) is 11.0. The zero-order valence-corrected chi connectivity index (χ0v) is 10.1. The van der Waals surface area contributed by atoms with Crippen molar-refractivity contribution in [1.82, 2.24) is 10.6 Å². The molecule has 1 unspecified atom stereocenters. The van der Waals surface area contributed by atoms with Crippen LogP contribution in [0.2, 0.25) is 0 Å². The minimum Gasteiger partial charge on any atom is -0.392 e. The van der Waals surface area contributed by atoms with Crippen LogP contribution in [0.5, 0.6) is 0 Å². The molecule has 90 valence electrons. The van der Waals surface area contributed by atoms with Gasteiger partial charge < -0.3 is 15.4 Å². The van der Waals surface area contributed by atoms with Crippen molar-refractivity contribution in [2.75, 3.05) is 20.3 Å². The first-order valence-electron chi connectivity index (χ1n) is 6.52. The van der Waals surface area contributed by atoms with Crippen LogP contribution in [-0.2, 0) is 4.74 Å². The summed E-state index contributed by atoms with van der Waals surface area (Å²) in [7, 11) is 2.03. The van der Waals surface area contributed by atoms with Gasteiger partial charge in [-0.3, -0.25) is 0 Å². The summed E-state index contributed by atoms with van der Waals surface area (Å²) in [6, 6.07) is 1.33. The average molecular weight is 222 g/mol. The highest BCUT2D eigenvalue weighted by Crippen LogP contribution is 2.47. The van der Waals surface area contributed by atoms with Crippen molar-refractivity contribution in [3.8, 4) is 0 Å². The molecule has 0 aromatic rings. The summed E-state index contributed by atoms with van der Waals surface area (Å²) in [4.78, 5) is 0. The third-order valence-electron chi connectivity index (χ3n) is 4.31. The van der Waals surface area contributed by atoms with Gasteiger partial charge in [0.05, 0.1) is 13.2 Å². The lowest BCUT2D eigenvalue weighted by molar-refractivity contribution is -0.168. The van der Waals surface area contributed by atoms with Crippen LogP contribution in [0.3, 0.4) is 0 Å². The third kappa shape index (κ3) is 1.87. The summed E-state index contributed by atoms with van der Waals surface area (Å²) in [5, 5.41) is 7.05. The maximum atomic E-state index is 5.30. The van der Waals surface area contributed by atoms with Crippen molar-refractivity contribution >= 4 is 0 Å². The van der Waals surface area contributed by atoms with E-state index in [1.807, 2.05) is 7.05 Å². The standard InChI is InChI=1S/C13H22N2O/c1-14-10-3-2-4-11(5-10)15-12-6-13(7-12)8-16-9-13/h5,11-12,14-15H,2-4,6-9H2,1H3. The van der Waals surface area contributed by atoms with E-state index in [4.69, 9.17) is 4.74 Å². The Morgan fingerprint density at radius 3 is 2.81 bits per heavy atom. The first-order chi connectivity index (χ1) is 7.80. The van der Waals surface area contributed by atoms with Gasteiger partial charge in [-0.25, -0.2) is 0 Å². The first-order valence-corrected chi connectivity index (χ1v) is 6.52. The Kier molecular flexibility index (Phi) is 2.68. The molecular formula is C13H22N2O. The molecule has 16 heavy (non-hydrogen) atoms. The van der Waals surface area contributed by atoms with Crippen molar-refractivity contribution in [3.63, 3.8) is 0 Å². The topological polar surface area (TPSA) is 33.3 Å². The number of rotatable bonds is 3. The predicted octanol–water partition coefficient (Wildman–Crippen LogP) is 1.41. The summed E-state index contributed by atoms with van der Waals surface area (Å²) in [6.07, 6.45) is 8.86. The summed E-state index contributed by atoms with van der Waals surface area (Å²) >= 11 is 0. The number of ether oxygens (including phenoxy) is 1. The molecule has 1 heterocycles. The molecule has 2 fully saturated rings. The van der Waals surface area contributed by atoms with Crippen LogP contribution in [-0.4, -0.2) is 32.3 Å². The van der Waals surface area contributed by atoms with Gasteiger partial charge in [-0.1, -0.05) is 0 Å². The Morgan fingerprint density at radius 2 is 2.19 bits per heavy atom. The van der Waals surface area contributed by atoms with E-state index in [1.165, 1.54) is 37.8 Å². The summed E-state index contributed by atoms with van der Waals surface area (Å²) in [5.74, 6) is 0. The minimum absolute atomic E-state index is 0.585. The Balaban J connectivity index is 1.48. The van der Waals surface area contributed by atoms with Gasteiger partial charge >= 0.3 is 0 Å². The van der Waals surface area contributed by atoms with Crippen LogP contribution in [0.25, 0.3) is 0 Å². The summed E-state index contributed by atoms with van der Waals surface area (Å²) < 4.78 is 5.30. The van der Waals surface area contributed by atoms with Crippen LogP contribution in [0.4, 0.5) is 0 Å². The molecule has 3 rings (SSSR count). The van der Waals surface area contributed by atoms with Gasteiger partial charge in [-0.15, -0.1) is 0 Å². The second kappa shape index (κ2) is 4.04. The lowest BCUT2D eigenvalue weighted by Crippen LogP contribution is -2.60. The van der Waals surface area contributed by atoms with E-state index in [1.54, 1.807) is 0 Å². The maximum Gasteiger partial charge on any atom is 0.0545 e. The molecular weight excluding hydrogens is 200 g/mol. The van der Waals surface area contributed by atoms with Crippen molar-refractivity contribution in [1.29, 1.82) is 0 Å². The fourth-order valence-corrected chi connectivity index (χ4v) is 3.29. The predicted molar refractivity (Wildman–Crippen MR) is 64.2 cm³/mol. The van der Waals surface area contributed by atoms with E-state index in [0.717, 1.165) is 19.3 Å². The largest absolute Gasteiger partial charge is 0.392 e. The van der Waals surface area contributed by atoms with Crippen LogP contribution < -0.4 is 10.6 Å².